The van der Waals surface area contributed by atoms with E-state index in [4.69, 9.17) is 11.6 Å². The van der Waals surface area contributed by atoms with E-state index in [1.54, 1.807) is 0 Å². The summed E-state index contributed by atoms with van der Waals surface area (Å²) < 4.78 is 3.84. The molecule has 0 aliphatic rings. The molecule has 0 aromatic carbocycles. The highest BCUT2D eigenvalue weighted by Crippen LogP contribution is 2.17. The highest BCUT2D eigenvalue weighted by atomic mass is 35.5. The Morgan fingerprint density at radius 2 is 1.77 bits per heavy atom. The fourth-order valence-electron chi connectivity index (χ4n) is 0.321. The minimum Gasteiger partial charge on any atom is -0.436 e. The van der Waals surface area contributed by atoms with E-state index in [0.29, 0.717) is 0 Å². The van der Waals surface area contributed by atoms with E-state index in [9.17, 15) is 25.0 Å². The van der Waals surface area contributed by atoms with Crippen LogP contribution in [0.3, 0.4) is 0 Å². The van der Waals surface area contributed by atoms with Crippen LogP contribution in [0.15, 0.2) is 0 Å². The van der Waals surface area contributed by atoms with Crippen LogP contribution in [0.2, 0.25) is 0 Å². The molecule has 0 aliphatic carbocycles. The van der Waals surface area contributed by atoms with Crippen molar-refractivity contribution in [2.45, 2.75) is 5.12 Å². The minimum absolute atomic E-state index is 1.24. The summed E-state index contributed by atoms with van der Waals surface area (Å²) in [4.78, 5) is 27.3. The average molecular weight is 233 g/mol. The van der Waals surface area contributed by atoms with Crippen LogP contribution < -0.4 is 0 Å². The molecule has 0 heterocycles. The van der Waals surface area contributed by atoms with Crippen LogP contribution >= 0.6 is 23.2 Å². The molecule has 0 amide bonds. The van der Waals surface area contributed by atoms with Crippen molar-refractivity contribution >= 4 is 28.6 Å². The van der Waals surface area contributed by atoms with Gasteiger partial charge in [0.1, 0.15) is 9.85 Å². The Balaban J connectivity index is 4.52. The number of nitrogens with zero attached hydrogens (tertiary/aromatic N) is 2. The van der Waals surface area contributed by atoms with E-state index >= 15 is 0 Å². The van der Waals surface area contributed by atoms with Gasteiger partial charge in [0.2, 0.25) is 0 Å². The molecule has 0 N–H and O–H groups in total. The Labute approximate surface area is 80.7 Å². The zero-order valence-electron chi connectivity index (χ0n) is 5.81. The molecule has 0 saturated heterocycles. The fraction of sp³-hybridized carbons (Fsp3) is 0.667. The monoisotopic (exact) mass is 232 g/mol. The first-order chi connectivity index (χ1) is 5.80. The molecule has 0 aromatic rings. The predicted molar refractivity (Wildman–Crippen MR) is 39.8 cm³/mol. The van der Waals surface area contributed by atoms with Crippen molar-refractivity contribution < 1.29 is 19.4 Å². The predicted octanol–water partition coefficient (Wildman–Crippen LogP) is 0.808. The van der Waals surface area contributed by atoms with Crippen molar-refractivity contribution in [3.8, 4) is 0 Å². The highest BCUT2D eigenvalue weighted by Gasteiger charge is 2.56. The van der Waals surface area contributed by atoms with Gasteiger partial charge in [0, 0.05) is 11.6 Å². The SMILES string of the molecule is O=C(Cl)OCC(Cl)([N+](=O)[O-])[N+](=O)[O-]. The van der Waals surface area contributed by atoms with Gasteiger partial charge in [-0.2, -0.15) is 0 Å². The lowest BCUT2D eigenvalue weighted by atomic mass is 10.5. The zero-order chi connectivity index (χ0) is 10.6. The third-order valence-electron chi connectivity index (χ3n) is 0.929. The number of hydrogen-bond donors (Lipinski definition) is 0. The first-order valence-corrected chi connectivity index (χ1v) is 3.36. The zero-order valence-corrected chi connectivity index (χ0v) is 7.32. The second kappa shape index (κ2) is 4.19. The van der Waals surface area contributed by atoms with E-state index in [-0.39, 0.29) is 0 Å². The third kappa shape index (κ3) is 2.99. The number of ether oxygens (including phenoxy) is 1. The highest BCUT2D eigenvalue weighted by molar-refractivity contribution is 6.61. The molecular weight excluding hydrogens is 231 g/mol. The van der Waals surface area contributed by atoms with Gasteiger partial charge in [0.15, 0.2) is 0 Å². The molecule has 8 nitrogen and oxygen atoms in total. The summed E-state index contributed by atoms with van der Waals surface area (Å²) in [6.07, 6.45) is 0. The maximum absolute atomic E-state index is 10.1. The van der Waals surface area contributed by atoms with Gasteiger partial charge in [-0.1, -0.05) is 0 Å². The van der Waals surface area contributed by atoms with E-state index in [1.807, 2.05) is 0 Å². The van der Waals surface area contributed by atoms with Crippen LogP contribution in [0.5, 0.6) is 0 Å². The van der Waals surface area contributed by atoms with Crippen molar-refractivity contribution in [1.82, 2.24) is 0 Å². The summed E-state index contributed by atoms with van der Waals surface area (Å²) in [6, 6.07) is 0. The molecule has 0 atom stereocenters. The quantitative estimate of drug-likeness (QED) is 0.177. The summed E-state index contributed by atoms with van der Waals surface area (Å²) in [7, 11) is 0. The largest absolute Gasteiger partial charge is 0.570 e. The van der Waals surface area contributed by atoms with Gasteiger partial charge in [-0.05, 0) is 0 Å². The Bertz CT molecular complexity index is 240. The minimum atomic E-state index is -3.08. The summed E-state index contributed by atoms with van der Waals surface area (Å²) in [6.45, 7) is -1.24. The topological polar surface area (TPSA) is 113 Å². The smallest absolute Gasteiger partial charge is 0.436 e. The fourth-order valence-corrected chi connectivity index (χ4v) is 0.430. The molecule has 0 spiro atoms. The molecule has 74 valence electrons. The van der Waals surface area contributed by atoms with Crippen LogP contribution in [0.4, 0.5) is 4.79 Å². The number of halogens is 2. The van der Waals surface area contributed by atoms with Crippen LogP contribution in [0.1, 0.15) is 0 Å². The van der Waals surface area contributed by atoms with Crippen molar-refractivity contribution in [3.05, 3.63) is 20.2 Å². The molecule has 0 aromatic heterocycles. The van der Waals surface area contributed by atoms with Gasteiger partial charge in [-0.25, -0.2) is 4.79 Å². The van der Waals surface area contributed by atoms with Crippen LogP contribution in [0.25, 0.3) is 0 Å². The summed E-state index contributed by atoms with van der Waals surface area (Å²) in [5.41, 5.74) is -1.41. The number of rotatable bonds is 4. The molecule has 0 saturated carbocycles. The van der Waals surface area contributed by atoms with E-state index < -0.39 is 27.0 Å². The summed E-state index contributed by atoms with van der Waals surface area (Å²) >= 11 is 9.55. The molecule has 0 unspecified atom stereocenters. The van der Waals surface area contributed by atoms with E-state index in [0.717, 1.165) is 0 Å². The molecule has 0 rings (SSSR count). The van der Waals surface area contributed by atoms with E-state index in [2.05, 4.69) is 16.3 Å². The first kappa shape index (κ1) is 11.8. The van der Waals surface area contributed by atoms with Gasteiger partial charge in [0.25, 0.3) is 6.61 Å². The number of carbonyl (C=O) groups is 1. The van der Waals surface area contributed by atoms with Crippen molar-refractivity contribution in [2.75, 3.05) is 6.61 Å². The van der Waals surface area contributed by atoms with Gasteiger partial charge < -0.3 is 4.74 Å². The Kier molecular flexibility index (Phi) is 3.82. The van der Waals surface area contributed by atoms with Crippen LogP contribution in [0, 0.1) is 20.2 Å². The van der Waals surface area contributed by atoms with Gasteiger partial charge >= 0.3 is 10.6 Å². The Morgan fingerprint density at radius 3 is 2.00 bits per heavy atom. The normalized spacial score (nSPS) is 10.6. The van der Waals surface area contributed by atoms with Crippen molar-refractivity contribution in [1.29, 1.82) is 0 Å². The molecule has 0 bridgehead atoms. The standard InChI is InChI=1S/C3H2Cl2N2O6/c4-2(8)13-1-3(5,6(9)10)7(11)12/h1H2. The molecule has 13 heavy (non-hydrogen) atoms. The molecule has 0 fully saturated rings. The lowest BCUT2D eigenvalue weighted by molar-refractivity contribution is -0.767. The third-order valence-corrected chi connectivity index (χ3v) is 1.42. The number of hydrogen-bond acceptors (Lipinski definition) is 6. The molecule has 0 radical (unpaired) electrons. The van der Waals surface area contributed by atoms with Crippen LogP contribution in [-0.2, 0) is 4.74 Å². The van der Waals surface area contributed by atoms with Gasteiger partial charge in [-0.15, -0.1) is 0 Å². The lowest BCUT2D eigenvalue weighted by Crippen LogP contribution is -2.45. The summed E-state index contributed by atoms with van der Waals surface area (Å²) in [5, 5.41) is 17.1. The molecule has 0 aliphatic heterocycles. The Hall–Kier alpha value is -1.15. The number of carbonyl (C=O) groups excluding carboxylic acids is 1. The van der Waals surface area contributed by atoms with Crippen molar-refractivity contribution in [3.63, 3.8) is 0 Å². The maximum Gasteiger partial charge on any atom is 0.570 e. The number of nitro groups is 2. The molecule has 10 heteroatoms. The maximum atomic E-state index is 10.1. The summed E-state index contributed by atoms with van der Waals surface area (Å²) in [5.74, 6) is 0. The second-order valence-electron chi connectivity index (χ2n) is 1.76. The lowest BCUT2D eigenvalue weighted by Gasteiger charge is -2.08. The number of alkyl halides is 1. The van der Waals surface area contributed by atoms with Crippen molar-refractivity contribution in [2.24, 2.45) is 0 Å². The van der Waals surface area contributed by atoms with Crippen LogP contribution in [-0.4, -0.2) is 27.0 Å². The Morgan fingerprint density at radius 1 is 1.38 bits per heavy atom. The molecular formula is C3H2Cl2N2O6. The average Bonchev–Trinajstić information content (AvgIpc) is 1.99. The first-order valence-electron chi connectivity index (χ1n) is 2.61. The second-order valence-corrected chi connectivity index (χ2v) is 2.67. The van der Waals surface area contributed by atoms with Gasteiger partial charge in [0.05, 0.1) is 11.6 Å². The van der Waals surface area contributed by atoms with E-state index in [1.165, 1.54) is 0 Å². The van der Waals surface area contributed by atoms with Gasteiger partial charge in [-0.3, -0.25) is 20.2 Å².